The van der Waals surface area contributed by atoms with Gasteiger partial charge < -0.3 is 29.7 Å². The first-order valence-electron chi connectivity index (χ1n) is 10.1. The van der Waals surface area contributed by atoms with Crippen molar-refractivity contribution in [2.45, 2.75) is 20.0 Å². The number of benzene rings is 2. The molecule has 2 aromatic carbocycles. The molecule has 0 aliphatic carbocycles. The lowest BCUT2D eigenvalue weighted by Gasteiger charge is -2.22. The van der Waals surface area contributed by atoms with E-state index in [0.29, 0.717) is 42.8 Å². The number of methoxy groups -OCH3 is 3. The van der Waals surface area contributed by atoms with Gasteiger partial charge in [-0.2, -0.15) is 0 Å². The fourth-order valence-corrected chi connectivity index (χ4v) is 3.10. The number of ether oxygens (including phenoxy) is 3. The molecule has 2 N–H and O–H groups in total. The van der Waals surface area contributed by atoms with E-state index in [4.69, 9.17) is 14.2 Å². The predicted octanol–water partition coefficient (Wildman–Crippen LogP) is 2.43. The van der Waals surface area contributed by atoms with Gasteiger partial charge in [0, 0.05) is 26.7 Å². The van der Waals surface area contributed by atoms with Crippen LogP contribution < -0.4 is 24.8 Å². The van der Waals surface area contributed by atoms with Crippen molar-refractivity contribution in [2.24, 2.45) is 4.99 Å². The lowest BCUT2D eigenvalue weighted by molar-refractivity contribution is -0.130. The van der Waals surface area contributed by atoms with Gasteiger partial charge in [-0.15, -0.1) is 0 Å². The van der Waals surface area contributed by atoms with E-state index < -0.39 is 0 Å². The Kier molecular flexibility index (Phi) is 9.48. The number of aliphatic imine (C=N–C) groups is 1. The molecule has 0 aromatic heterocycles. The number of amides is 1. The van der Waals surface area contributed by atoms with Crippen LogP contribution >= 0.6 is 0 Å². The van der Waals surface area contributed by atoms with Gasteiger partial charge in [0.2, 0.25) is 11.7 Å². The first kappa shape index (κ1) is 23.9. The van der Waals surface area contributed by atoms with Gasteiger partial charge in [0.1, 0.15) is 0 Å². The van der Waals surface area contributed by atoms with E-state index in [1.165, 1.54) is 0 Å². The third kappa shape index (κ3) is 6.80. The quantitative estimate of drug-likeness (QED) is 0.447. The number of carbonyl (C=O) groups is 1. The highest BCUT2D eigenvalue weighted by molar-refractivity contribution is 5.86. The van der Waals surface area contributed by atoms with Crippen LogP contribution in [0, 0.1) is 0 Å². The van der Waals surface area contributed by atoms with Crippen LogP contribution in [0.2, 0.25) is 0 Å². The van der Waals surface area contributed by atoms with Gasteiger partial charge in [-0.1, -0.05) is 30.3 Å². The van der Waals surface area contributed by atoms with E-state index in [2.05, 4.69) is 15.6 Å². The molecule has 8 heteroatoms. The Bertz CT molecular complexity index is 846. The molecule has 0 saturated carbocycles. The van der Waals surface area contributed by atoms with Crippen LogP contribution in [0.1, 0.15) is 18.1 Å². The van der Waals surface area contributed by atoms with Gasteiger partial charge in [0.25, 0.3) is 0 Å². The standard InChI is InChI=1S/C23H32N4O4/c1-6-27(16-17-10-8-7-9-11-17)21(28)15-26-23(24-2)25-14-18-12-19(29-3)22(31-5)20(13-18)30-4/h7-13H,6,14-16H2,1-5H3,(H2,24,25,26). The first-order chi connectivity index (χ1) is 15.1. The molecule has 0 aliphatic rings. The Labute approximate surface area is 184 Å². The summed E-state index contributed by atoms with van der Waals surface area (Å²) in [6.45, 7) is 3.79. The number of nitrogens with one attached hydrogen (secondary N) is 2. The number of carbonyl (C=O) groups excluding carboxylic acids is 1. The molecule has 31 heavy (non-hydrogen) atoms. The number of rotatable bonds is 10. The molecule has 0 saturated heterocycles. The molecule has 0 atom stereocenters. The molecular formula is C23H32N4O4. The fourth-order valence-electron chi connectivity index (χ4n) is 3.10. The molecule has 168 valence electrons. The molecule has 0 bridgehead atoms. The highest BCUT2D eigenvalue weighted by Gasteiger charge is 2.15. The molecule has 0 aliphatic heterocycles. The fraction of sp³-hybridized carbons (Fsp3) is 0.391. The van der Waals surface area contributed by atoms with Gasteiger partial charge in [-0.05, 0) is 30.2 Å². The van der Waals surface area contributed by atoms with Crippen LogP contribution in [-0.4, -0.2) is 58.2 Å². The van der Waals surface area contributed by atoms with Crippen molar-refractivity contribution in [2.75, 3.05) is 41.5 Å². The van der Waals surface area contributed by atoms with Crippen molar-refractivity contribution in [3.05, 3.63) is 53.6 Å². The van der Waals surface area contributed by atoms with Crippen LogP contribution in [0.4, 0.5) is 0 Å². The Balaban J connectivity index is 1.94. The lowest BCUT2D eigenvalue weighted by atomic mass is 10.2. The van der Waals surface area contributed by atoms with E-state index in [1.807, 2.05) is 49.4 Å². The third-order valence-electron chi connectivity index (χ3n) is 4.77. The van der Waals surface area contributed by atoms with Gasteiger partial charge in [0.05, 0.1) is 27.9 Å². The number of likely N-dealkylation sites (N-methyl/N-ethyl adjacent to an activating group) is 1. The zero-order valence-corrected chi connectivity index (χ0v) is 18.9. The smallest absolute Gasteiger partial charge is 0.242 e. The summed E-state index contributed by atoms with van der Waals surface area (Å²) >= 11 is 0. The summed E-state index contributed by atoms with van der Waals surface area (Å²) in [6.07, 6.45) is 0. The molecule has 0 spiro atoms. The SMILES string of the molecule is CCN(Cc1ccccc1)C(=O)CNC(=NC)NCc1cc(OC)c(OC)c(OC)c1. The van der Waals surface area contributed by atoms with E-state index >= 15 is 0 Å². The van der Waals surface area contributed by atoms with Crippen molar-refractivity contribution in [1.29, 1.82) is 0 Å². The van der Waals surface area contributed by atoms with E-state index in [9.17, 15) is 4.79 Å². The molecule has 1 amide bonds. The minimum atomic E-state index is 0.00193. The van der Waals surface area contributed by atoms with Gasteiger partial charge in [-0.3, -0.25) is 9.79 Å². The molecule has 2 aromatic rings. The van der Waals surface area contributed by atoms with Gasteiger partial charge in [0.15, 0.2) is 17.5 Å². The minimum Gasteiger partial charge on any atom is -0.493 e. The van der Waals surface area contributed by atoms with E-state index in [1.54, 1.807) is 33.3 Å². The number of hydrogen-bond acceptors (Lipinski definition) is 5. The predicted molar refractivity (Wildman–Crippen MR) is 122 cm³/mol. The van der Waals surface area contributed by atoms with Gasteiger partial charge in [-0.25, -0.2) is 0 Å². The normalized spacial score (nSPS) is 10.9. The van der Waals surface area contributed by atoms with Crippen LogP contribution in [0.5, 0.6) is 17.2 Å². The Morgan fingerprint density at radius 1 is 0.968 bits per heavy atom. The maximum Gasteiger partial charge on any atom is 0.242 e. The van der Waals surface area contributed by atoms with Crippen molar-refractivity contribution >= 4 is 11.9 Å². The summed E-state index contributed by atoms with van der Waals surface area (Å²) < 4.78 is 16.1. The van der Waals surface area contributed by atoms with Crippen LogP contribution in [0.3, 0.4) is 0 Å². The number of guanidine groups is 1. The molecule has 0 radical (unpaired) electrons. The Hall–Kier alpha value is -3.42. The van der Waals surface area contributed by atoms with Crippen LogP contribution in [-0.2, 0) is 17.9 Å². The minimum absolute atomic E-state index is 0.00193. The monoisotopic (exact) mass is 428 g/mol. The van der Waals surface area contributed by atoms with Crippen LogP contribution in [0.15, 0.2) is 47.5 Å². The average molecular weight is 429 g/mol. The molecular weight excluding hydrogens is 396 g/mol. The third-order valence-corrected chi connectivity index (χ3v) is 4.77. The summed E-state index contributed by atoms with van der Waals surface area (Å²) in [4.78, 5) is 18.6. The van der Waals surface area contributed by atoms with Crippen molar-refractivity contribution in [3.63, 3.8) is 0 Å². The highest BCUT2D eigenvalue weighted by Crippen LogP contribution is 2.38. The maximum absolute atomic E-state index is 12.6. The second kappa shape index (κ2) is 12.3. The molecule has 8 nitrogen and oxygen atoms in total. The summed E-state index contributed by atoms with van der Waals surface area (Å²) in [6, 6.07) is 13.7. The number of hydrogen-bond donors (Lipinski definition) is 2. The zero-order chi connectivity index (χ0) is 22.6. The Morgan fingerprint density at radius 2 is 1.61 bits per heavy atom. The largest absolute Gasteiger partial charge is 0.493 e. The first-order valence-corrected chi connectivity index (χ1v) is 10.1. The van der Waals surface area contributed by atoms with Crippen molar-refractivity contribution < 1.29 is 19.0 Å². The topological polar surface area (TPSA) is 84.4 Å². The second-order valence-electron chi connectivity index (χ2n) is 6.71. The molecule has 0 heterocycles. The summed E-state index contributed by atoms with van der Waals surface area (Å²) in [5, 5.41) is 6.28. The highest BCUT2D eigenvalue weighted by atomic mass is 16.5. The van der Waals surface area contributed by atoms with Crippen LogP contribution in [0.25, 0.3) is 0 Å². The average Bonchev–Trinajstić information content (AvgIpc) is 2.82. The summed E-state index contributed by atoms with van der Waals surface area (Å²) in [5.74, 6) is 2.23. The Morgan fingerprint density at radius 3 is 2.13 bits per heavy atom. The zero-order valence-electron chi connectivity index (χ0n) is 18.9. The molecule has 2 rings (SSSR count). The van der Waals surface area contributed by atoms with Gasteiger partial charge >= 0.3 is 0 Å². The summed E-state index contributed by atoms with van der Waals surface area (Å²) in [5.41, 5.74) is 2.02. The van der Waals surface area contributed by atoms with E-state index in [-0.39, 0.29) is 12.5 Å². The molecule has 0 fully saturated rings. The lowest BCUT2D eigenvalue weighted by Crippen LogP contribution is -2.44. The van der Waals surface area contributed by atoms with Crippen molar-refractivity contribution in [1.82, 2.24) is 15.5 Å². The number of nitrogens with zero attached hydrogens (tertiary/aromatic N) is 2. The molecule has 0 unspecified atom stereocenters. The maximum atomic E-state index is 12.6. The summed E-state index contributed by atoms with van der Waals surface area (Å²) in [7, 11) is 6.39. The van der Waals surface area contributed by atoms with Crippen molar-refractivity contribution in [3.8, 4) is 17.2 Å². The van der Waals surface area contributed by atoms with E-state index in [0.717, 1.165) is 11.1 Å². The second-order valence-corrected chi connectivity index (χ2v) is 6.71.